The van der Waals surface area contributed by atoms with Crippen molar-refractivity contribution in [1.29, 1.82) is 0 Å². The summed E-state index contributed by atoms with van der Waals surface area (Å²) in [5, 5.41) is 7.19. The fourth-order valence-electron chi connectivity index (χ4n) is 1.69. The normalized spacial score (nSPS) is 10.6. The van der Waals surface area contributed by atoms with Crippen LogP contribution in [0.15, 0.2) is 15.7 Å². The molecule has 0 atom stereocenters. The van der Waals surface area contributed by atoms with Gasteiger partial charge in [-0.3, -0.25) is 4.79 Å². The average molecular weight is 292 g/mol. The molecule has 0 unspecified atom stereocenters. The van der Waals surface area contributed by atoms with Crippen LogP contribution in [0.1, 0.15) is 34.6 Å². The van der Waals surface area contributed by atoms with E-state index in [0.29, 0.717) is 28.0 Å². The largest absolute Gasteiger partial charge is 0.359 e. The Morgan fingerprint density at radius 1 is 1.35 bits per heavy atom. The van der Waals surface area contributed by atoms with Crippen molar-refractivity contribution in [3.05, 3.63) is 28.9 Å². The van der Waals surface area contributed by atoms with Crippen LogP contribution in [0.3, 0.4) is 0 Å². The number of nitrogens with one attached hydrogen (secondary N) is 1. The summed E-state index contributed by atoms with van der Waals surface area (Å²) in [6.45, 7) is 7.38. The van der Waals surface area contributed by atoms with Gasteiger partial charge in [-0.1, -0.05) is 23.8 Å². The van der Waals surface area contributed by atoms with Crippen molar-refractivity contribution in [3.63, 3.8) is 0 Å². The van der Waals surface area contributed by atoms with Gasteiger partial charge < -0.3 is 9.84 Å². The molecule has 1 amide bonds. The summed E-state index contributed by atoms with van der Waals surface area (Å²) in [6.07, 6.45) is 0. The lowest BCUT2D eigenvalue weighted by atomic mass is 10.3. The van der Waals surface area contributed by atoms with Crippen molar-refractivity contribution in [2.24, 2.45) is 0 Å². The van der Waals surface area contributed by atoms with Crippen molar-refractivity contribution in [2.75, 3.05) is 11.1 Å². The second kappa shape index (κ2) is 6.04. The number of thioether (sulfide) groups is 1. The lowest BCUT2D eigenvalue weighted by Crippen LogP contribution is -2.15. The molecule has 0 saturated carbocycles. The Bertz CT molecular complexity index is 620. The Morgan fingerprint density at radius 3 is 2.70 bits per heavy atom. The summed E-state index contributed by atoms with van der Waals surface area (Å²) < 4.78 is 5.02. The fourth-order valence-corrected chi connectivity index (χ4v) is 2.32. The molecule has 0 bridgehead atoms. The Hall–Kier alpha value is -1.89. The number of amides is 1. The quantitative estimate of drug-likeness (QED) is 0.689. The van der Waals surface area contributed by atoms with Crippen molar-refractivity contribution >= 4 is 23.4 Å². The highest BCUT2D eigenvalue weighted by molar-refractivity contribution is 7.99. The third-order valence-corrected chi connectivity index (χ3v) is 3.34. The van der Waals surface area contributed by atoms with Crippen LogP contribution < -0.4 is 5.32 Å². The van der Waals surface area contributed by atoms with E-state index >= 15 is 0 Å². The predicted octanol–water partition coefficient (Wildman–Crippen LogP) is 2.75. The number of aryl methyl sites for hydroxylation is 3. The molecule has 0 radical (unpaired) electrons. The van der Waals surface area contributed by atoms with Gasteiger partial charge in [0.05, 0.1) is 0 Å². The monoisotopic (exact) mass is 292 g/mol. The number of carbonyl (C=O) groups excluding carboxylic acids is 1. The van der Waals surface area contributed by atoms with E-state index in [0.717, 1.165) is 11.4 Å². The molecule has 2 rings (SSSR count). The second-order valence-corrected chi connectivity index (χ2v) is 5.49. The van der Waals surface area contributed by atoms with E-state index in [9.17, 15) is 4.79 Å². The molecule has 1 N–H and O–H groups in total. The highest BCUT2D eigenvalue weighted by Gasteiger charge is 2.16. The smallest absolute Gasteiger partial charge is 0.274 e. The molecule has 2 aromatic rings. The van der Waals surface area contributed by atoms with Crippen LogP contribution in [-0.2, 0) is 0 Å². The highest BCUT2D eigenvalue weighted by atomic mass is 32.2. The van der Waals surface area contributed by atoms with Crippen LogP contribution in [0.4, 0.5) is 5.69 Å². The van der Waals surface area contributed by atoms with Crippen molar-refractivity contribution < 1.29 is 9.32 Å². The first-order valence-corrected chi connectivity index (χ1v) is 7.22. The number of hydrogen-bond acceptors (Lipinski definition) is 6. The minimum atomic E-state index is -0.289. The number of hydrogen-bond donors (Lipinski definition) is 1. The molecule has 2 aromatic heterocycles. The summed E-state index contributed by atoms with van der Waals surface area (Å²) in [6, 6.07) is 1.66. The Kier molecular flexibility index (Phi) is 4.39. The molecule has 0 aliphatic carbocycles. The van der Waals surface area contributed by atoms with Gasteiger partial charge in [-0.25, -0.2) is 9.97 Å². The zero-order valence-corrected chi connectivity index (χ0v) is 12.7. The first kappa shape index (κ1) is 14.5. The predicted molar refractivity (Wildman–Crippen MR) is 77.1 cm³/mol. The molecule has 0 aliphatic rings. The maximum absolute atomic E-state index is 12.2. The number of aromatic nitrogens is 3. The topological polar surface area (TPSA) is 80.9 Å². The van der Waals surface area contributed by atoms with Crippen molar-refractivity contribution in [2.45, 2.75) is 32.9 Å². The summed E-state index contributed by atoms with van der Waals surface area (Å²) in [5.41, 5.74) is 2.34. The van der Waals surface area contributed by atoms with E-state index in [4.69, 9.17) is 4.52 Å². The first-order chi connectivity index (χ1) is 9.51. The second-order valence-electron chi connectivity index (χ2n) is 4.26. The van der Waals surface area contributed by atoms with Crippen LogP contribution in [0.2, 0.25) is 0 Å². The number of nitrogens with zero attached hydrogens (tertiary/aromatic N) is 3. The lowest BCUT2D eigenvalue weighted by molar-refractivity contribution is 0.102. The Labute approximate surface area is 121 Å². The Morgan fingerprint density at radius 2 is 2.10 bits per heavy atom. The summed E-state index contributed by atoms with van der Waals surface area (Å²) in [7, 11) is 0. The minimum Gasteiger partial charge on any atom is -0.359 e. The highest BCUT2D eigenvalue weighted by Crippen LogP contribution is 2.20. The molecule has 0 saturated heterocycles. The molecule has 6 nitrogen and oxygen atoms in total. The number of carbonyl (C=O) groups is 1. The SMILES string of the molecule is CCSc1nc(C)cc(C(=O)Nc2c(C)noc2C)n1. The van der Waals surface area contributed by atoms with E-state index in [1.807, 2.05) is 13.8 Å². The molecule has 106 valence electrons. The third-order valence-electron chi connectivity index (χ3n) is 2.61. The van der Waals surface area contributed by atoms with E-state index in [2.05, 4.69) is 20.4 Å². The van der Waals surface area contributed by atoms with Crippen molar-refractivity contribution in [1.82, 2.24) is 15.1 Å². The Balaban J connectivity index is 2.25. The van der Waals surface area contributed by atoms with Gasteiger partial charge in [0.1, 0.15) is 17.1 Å². The summed E-state index contributed by atoms with van der Waals surface area (Å²) in [5.74, 6) is 1.14. The molecule has 20 heavy (non-hydrogen) atoms. The number of anilines is 1. The van der Waals surface area contributed by atoms with Crippen LogP contribution in [0.25, 0.3) is 0 Å². The van der Waals surface area contributed by atoms with Crippen molar-refractivity contribution in [3.8, 4) is 0 Å². The lowest BCUT2D eigenvalue weighted by Gasteiger charge is -2.06. The van der Waals surface area contributed by atoms with Gasteiger partial charge in [0.2, 0.25) is 0 Å². The first-order valence-electron chi connectivity index (χ1n) is 6.24. The molecular weight excluding hydrogens is 276 g/mol. The molecule has 0 aliphatic heterocycles. The molecule has 2 heterocycles. The van der Waals surface area contributed by atoms with Crippen LogP contribution in [0, 0.1) is 20.8 Å². The summed E-state index contributed by atoms with van der Waals surface area (Å²) >= 11 is 1.50. The molecule has 0 spiro atoms. The average Bonchev–Trinajstić information content (AvgIpc) is 2.70. The van der Waals surface area contributed by atoms with Gasteiger partial charge in [0.25, 0.3) is 5.91 Å². The zero-order chi connectivity index (χ0) is 14.7. The van der Waals surface area contributed by atoms with Gasteiger partial charge in [0.15, 0.2) is 10.9 Å². The maximum Gasteiger partial charge on any atom is 0.274 e. The standard InChI is InChI=1S/C13H16N4O2S/c1-5-20-13-14-7(2)6-10(15-13)12(18)16-11-8(3)17-19-9(11)4/h6H,5H2,1-4H3,(H,16,18). The maximum atomic E-state index is 12.2. The third kappa shape index (κ3) is 3.16. The molecule has 0 aromatic carbocycles. The van der Waals surface area contributed by atoms with E-state index in [1.54, 1.807) is 19.9 Å². The number of rotatable bonds is 4. The molecule has 0 fully saturated rings. The van der Waals surface area contributed by atoms with E-state index in [-0.39, 0.29) is 5.91 Å². The van der Waals surface area contributed by atoms with Crippen LogP contribution in [-0.4, -0.2) is 26.8 Å². The van der Waals surface area contributed by atoms with Crippen LogP contribution >= 0.6 is 11.8 Å². The van der Waals surface area contributed by atoms with Gasteiger partial charge >= 0.3 is 0 Å². The van der Waals surface area contributed by atoms with E-state index in [1.165, 1.54) is 11.8 Å². The fraction of sp³-hybridized carbons (Fsp3) is 0.385. The van der Waals surface area contributed by atoms with Gasteiger partial charge in [-0.2, -0.15) is 0 Å². The summed E-state index contributed by atoms with van der Waals surface area (Å²) in [4.78, 5) is 20.8. The van der Waals surface area contributed by atoms with Gasteiger partial charge in [-0.15, -0.1) is 0 Å². The zero-order valence-electron chi connectivity index (χ0n) is 11.9. The van der Waals surface area contributed by atoms with Gasteiger partial charge in [-0.05, 0) is 32.6 Å². The van der Waals surface area contributed by atoms with Crippen LogP contribution in [0.5, 0.6) is 0 Å². The molecule has 7 heteroatoms. The molecular formula is C13H16N4O2S. The van der Waals surface area contributed by atoms with Gasteiger partial charge in [0, 0.05) is 5.69 Å². The minimum absolute atomic E-state index is 0.289. The van der Waals surface area contributed by atoms with E-state index < -0.39 is 0 Å².